The number of esters is 1. The third-order valence-electron chi connectivity index (χ3n) is 2.68. The molecule has 1 atom stereocenters. The van der Waals surface area contributed by atoms with Gasteiger partial charge in [0.2, 0.25) is 0 Å². The molecule has 22 heavy (non-hydrogen) atoms. The minimum absolute atomic E-state index is 0.425. The molecule has 128 valence electrons. The minimum Gasteiger partial charge on any atom is -0.466 e. The van der Waals surface area contributed by atoms with Gasteiger partial charge in [-0.25, -0.2) is 17.6 Å². The Morgan fingerprint density at radius 3 is 2.18 bits per heavy atom. The van der Waals surface area contributed by atoms with Crippen molar-refractivity contribution in [3.8, 4) is 0 Å². The summed E-state index contributed by atoms with van der Waals surface area (Å²) in [5, 5.41) is -3.26. The third-order valence-corrected chi connectivity index (χ3v) is 4.63. The number of allylic oxidation sites excluding steroid dienone is 3. The van der Waals surface area contributed by atoms with Gasteiger partial charge in [-0.2, -0.15) is 13.2 Å². The zero-order valence-electron chi connectivity index (χ0n) is 12.2. The van der Waals surface area contributed by atoms with Crippen LogP contribution >= 0.6 is 0 Å². The Morgan fingerprint density at radius 1 is 1.14 bits per heavy atom. The Labute approximate surface area is 126 Å². The molecule has 0 aromatic rings. The highest BCUT2D eigenvalue weighted by Gasteiger charge is 2.51. The van der Waals surface area contributed by atoms with E-state index in [4.69, 9.17) is 0 Å². The van der Waals surface area contributed by atoms with Gasteiger partial charge in [-0.15, -0.1) is 0 Å². The van der Waals surface area contributed by atoms with Gasteiger partial charge in [-0.3, -0.25) is 0 Å². The summed E-state index contributed by atoms with van der Waals surface area (Å²) in [5.41, 5.74) is 0. The first-order chi connectivity index (χ1) is 10.00. The van der Waals surface area contributed by atoms with Crippen LogP contribution in [0.15, 0.2) is 24.3 Å². The van der Waals surface area contributed by atoms with E-state index in [1.165, 1.54) is 13.0 Å². The lowest BCUT2D eigenvalue weighted by Gasteiger charge is -2.20. The molecule has 0 aliphatic carbocycles. The molecule has 9 heteroatoms. The van der Waals surface area contributed by atoms with Crippen LogP contribution in [0.5, 0.6) is 0 Å². The predicted octanol–water partition coefficient (Wildman–Crippen LogP) is 3.10. The van der Waals surface area contributed by atoms with Gasteiger partial charge in [0.15, 0.2) is 9.84 Å². The second-order valence-corrected chi connectivity index (χ2v) is 6.61. The molecule has 0 heterocycles. The van der Waals surface area contributed by atoms with E-state index in [-0.39, 0.29) is 0 Å². The van der Waals surface area contributed by atoms with Crippen molar-refractivity contribution in [3.05, 3.63) is 24.3 Å². The molecule has 0 radical (unpaired) electrons. The van der Waals surface area contributed by atoms with Crippen LogP contribution in [0, 0.1) is 0 Å². The smallest absolute Gasteiger partial charge is 0.389 e. The highest BCUT2D eigenvalue weighted by atomic mass is 32.2. The van der Waals surface area contributed by atoms with Crippen molar-refractivity contribution in [2.75, 3.05) is 12.9 Å². The van der Waals surface area contributed by atoms with Crippen LogP contribution in [-0.2, 0) is 19.4 Å². The van der Waals surface area contributed by atoms with Gasteiger partial charge in [-0.1, -0.05) is 24.3 Å². The molecule has 0 N–H and O–H groups in total. The monoisotopic (exact) mass is 346 g/mol. The summed E-state index contributed by atoms with van der Waals surface area (Å²) in [6.45, 7) is 1.52. The van der Waals surface area contributed by atoms with E-state index >= 15 is 0 Å². The number of methoxy groups -OCH3 is 1. The van der Waals surface area contributed by atoms with E-state index in [1.807, 2.05) is 0 Å². The van der Waals surface area contributed by atoms with Gasteiger partial charge in [0.1, 0.15) is 0 Å². The molecular weight excluding hydrogens is 328 g/mol. The minimum atomic E-state index is -4.58. The molecule has 1 unspecified atom stereocenters. The first kappa shape index (κ1) is 20.6. The second-order valence-electron chi connectivity index (χ2n) is 4.40. The number of sulfone groups is 1. The molecule has 0 fully saturated rings. The van der Waals surface area contributed by atoms with Gasteiger partial charge in [0.05, 0.1) is 12.9 Å². The van der Waals surface area contributed by atoms with Crippen molar-refractivity contribution in [1.29, 1.82) is 0 Å². The summed E-state index contributed by atoms with van der Waals surface area (Å²) >= 11 is 0. The average molecular weight is 346 g/mol. The van der Waals surface area contributed by atoms with Gasteiger partial charge >= 0.3 is 17.1 Å². The third kappa shape index (κ3) is 6.17. The van der Waals surface area contributed by atoms with E-state index in [0.29, 0.717) is 0 Å². The lowest BCUT2D eigenvalue weighted by molar-refractivity contribution is -0.148. The van der Waals surface area contributed by atoms with E-state index in [9.17, 15) is 30.8 Å². The first-order valence-corrected chi connectivity index (χ1v) is 7.98. The maximum atomic E-state index is 14.5. The lowest BCUT2D eigenvalue weighted by Crippen LogP contribution is -2.43. The van der Waals surface area contributed by atoms with Crippen LogP contribution in [0.4, 0.5) is 17.6 Å². The van der Waals surface area contributed by atoms with Crippen molar-refractivity contribution in [2.24, 2.45) is 0 Å². The van der Waals surface area contributed by atoms with Crippen LogP contribution in [0.25, 0.3) is 0 Å². The van der Waals surface area contributed by atoms with Gasteiger partial charge in [-0.05, 0) is 13.3 Å². The van der Waals surface area contributed by atoms with Crippen LogP contribution in [0.2, 0.25) is 0 Å². The van der Waals surface area contributed by atoms with Crippen LogP contribution in [-0.4, -0.2) is 38.4 Å². The van der Waals surface area contributed by atoms with Crippen molar-refractivity contribution >= 4 is 15.8 Å². The van der Waals surface area contributed by atoms with Gasteiger partial charge < -0.3 is 4.74 Å². The molecule has 0 rings (SSSR count). The standard InChI is InChI=1S/C13H18F4O4S/c1-3-4-8-12(14,11(18)21-2)22(19,20)10-7-5-6-9-13(15,16)17/h3-5,7H,6,8-10H2,1-2H3. The molecule has 0 saturated heterocycles. The summed E-state index contributed by atoms with van der Waals surface area (Å²) in [5.74, 6) is -2.46. The summed E-state index contributed by atoms with van der Waals surface area (Å²) in [7, 11) is -3.73. The zero-order valence-corrected chi connectivity index (χ0v) is 13.0. The van der Waals surface area contributed by atoms with Crippen molar-refractivity contribution in [3.63, 3.8) is 0 Å². The first-order valence-electron chi connectivity index (χ1n) is 6.32. The van der Waals surface area contributed by atoms with Gasteiger partial charge in [0, 0.05) is 12.8 Å². The molecule has 0 aliphatic heterocycles. The molecule has 0 spiro atoms. The van der Waals surface area contributed by atoms with Crippen molar-refractivity contribution in [2.45, 2.75) is 37.4 Å². The van der Waals surface area contributed by atoms with E-state index in [0.717, 1.165) is 25.3 Å². The SMILES string of the molecule is CC=CCC(F)(C(=O)OC)S(=O)(=O)CC=CCCC(F)(F)F. The van der Waals surface area contributed by atoms with Crippen LogP contribution in [0.3, 0.4) is 0 Å². The summed E-state index contributed by atoms with van der Waals surface area (Å²) in [6.07, 6.45) is -2.22. The molecule has 0 bridgehead atoms. The number of ether oxygens (including phenoxy) is 1. The fourth-order valence-corrected chi connectivity index (χ4v) is 2.79. The number of carbonyl (C=O) groups is 1. The Bertz CT molecular complexity index is 523. The Morgan fingerprint density at radius 2 is 1.73 bits per heavy atom. The Balaban J connectivity index is 4.99. The maximum Gasteiger partial charge on any atom is 0.389 e. The molecule has 0 saturated carbocycles. The average Bonchev–Trinajstić information content (AvgIpc) is 2.41. The summed E-state index contributed by atoms with van der Waals surface area (Å²) in [6, 6.07) is 0. The molecular formula is C13H18F4O4S. The number of hydrogen-bond acceptors (Lipinski definition) is 4. The van der Waals surface area contributed by atoms with Crippen molar-refractivity contribution < 1.29 is 35.5 Å². The summed E-state index contributed by atoms with van der Waals surface area (Å²) in [4.78, 5) is 11.4. The molecule has 0 amide bonds. The van der Waals surface area contributed by atoms with Gasteiger partial charge in [0.25, 0.3) is 0 Å². The quantitative estimate of drug-likeness (QED) is 0.385. The largest absolute Gasteiger partial charge is 0.466 e. The number of alkyl halides is 4. The molecule has 0 aromatic heterocycles. The van der Waals surface area contributed by atoms with Crippen LogP contribution < -0.4 is 0 Å². The molecule has 0 aliphatic rings. The number of hydrogen-bond donors (Lipinski definition) is 0. The maximum absolute atomic E-state index is 14.5. The Kier molecular flexibility index (Phi) is 7.78. The normalized spacial score (nSPS) is 16.1. The lowest BCUT2D eigenvalue weighted by atomic mass is 10.2. The fraction of sp³-hybridized carbons (Fsp3) is 0.615. The number of halogens is 4. The molecule has 4 nitrogen and oxygen atoms in total. The fourth-order valence-electron chi connectivity index (χ4n) is 1.45. The number of rotatable bonds is 8. The topological polar surface area (TPSA) is 60.4 Å². The van der Waals surface area contributed by atoms with Crippen LogP contribution in [0.1, 0.15) is 26.2 Å². The van der Waals surface area contributed by atoms with Crippen molar-refractivity contribution in [1.82, 2.24) is 0 Å². The van der Waals surface area contributed by atoms with E-state index < -0.39 is 52.0 Å². The Hall–Kier alpha value is -1.38. The summed E-state index contributed by atoms with van der Waals surface area (Å²) < 4.78 is 78.3. The zero-order chi connectivity index (χ0) is 17.4. The second kappa shape index (κ2) is 8.30. The van der Waals surface area contributed by atoms with E-state index in [1.54, 1.807) is 0 Å². The predicted molar refractivity (Wildman–Crippen MR) is 73.5 cm³/mol. The number of carbonyl (C=O) groups excluding carboxylic acids is 1. The molecule has 0 aromatic carbocycles. The highest BCUT2D eigenvalue weighted by molar-refractivity contribution is 7.93. The van der Waals surface area contributed by atoms with E-state index in [2.05, 4.69) is 4.74 Å². The highest BCUT2D eigenvalue weighted by Crippen LogP contribution is 2.28.